The molecule has 0 saturated heterocycles. The number of benzene rings is 1. The molecular weight excluding hydrogens is 216 g/mol. The Kier molecular flexibility index (Phi) is 2.01. The van der Waals surface area contributed by atoms with E-state index in [-0.39, 0.29) is 10.6 Å². The second-order valence-corrected chi connectivity index (χ2v) is 4.71. The Labute approximate surface area is 86.6 Å². The zero-order chi connectivity index (χ0) is 11.1. The van der Waals surface area contributed by atoms with Crippen LogP contribution in [0.3, 0.4) is 0 Å². The maximum Gasteiger partial charge on any atom is 0.262 e. The summed E-state index contributed by atoms with van der Waals surface area (Å²) < 4.78 is 25.3. The third-order valence-corrected chi connectivity index (χ3v) is 3.42. The second-order valence-electron chi connectivity index (χ2n) is 3.06. The number of nitrogens with one attached hydrogen (secondary N) is 1. The Balaban J connectivity index is 2.67. The van der Waals surface area contributed by atoms with Gasteiger partial charge in [0.1, 0.15) is 0 Å². The summed E-state index contributed by atoms with van der Waals surface area (Å²) in [5.41, 5.74) is 5.66. The molecule has 78 valence electrons. The molecule has 1 amide bonds. The summed E-state index contributed by atoms with van der Waals surface area (Å²) in [6.45, 7) is 0. The number of hydrogen-bond donors (Lipinski definition) is 2. The van der Waals surface area contributed by atoms with Crippen LogP contribution in [0, 0.1) is 0 Å². The van der Waals surface area contributed by atoms with Crippen LogP contribution in [0.2, 0.25) is 0 Å². The number of carbonyl (C=O) groups excluding carboxylic acids is 1. The van der Waals surface area contributed by atoms with E-state index in [0.717, 1.165) is 6.08 Å². The van der Waals surface area contributed by atoms with Gasteiger partial charge in [0.2, 0.25) is 5.91 Å². The lowest BCUT2D eigenvalue weighted by Crippen LogP contribution is -2.16. The number of amides is 1. The fraction of sp³-hybridized carbons (Fsp3) is 0. The largest absolute Gasteiger partial charge is 0.366 e. The molecule has 5 nitrogen and oxygen atoms in total. The van der Waals surface area contributed by atoms with E-state index in [9.17, 15) is 13.2 Å². The first-order valence-electron chi connectivity index (χ1n) is 4.14. The van der Waals surface area contributed by atoms with Crippen molar-refractivity contribution in [1.29, 1.82) is 0 Å². The van der Waals surface area contributed by atoms with Crippen LogP contribution in [-0.4, -0.2) is 14.3 Å². The molecule has 0 aliphatic carbocycles. The molecular formula is C9H8N2O3S. The third-order valence-electron chi connectivity index (χ3n) is 2.00. The lowest BCUT2D eigenvalue weighted by atomic mass is 10.1. The van der Waals surface area contributed by atoms with Gasteiger partial charge in [-0.25, -0.2) is 8.42 Å². The van der Waals surface area contributed by atoms with Crippen LogP contribution in [0.5, 0.6) is 0 Å². The van der Waals surface area contributed by atoms with Gasteiger partial charge < -0.3 is 5.73 Å². The number of primary amides is 1. The van der Waals surface area contributed by atoms with Gasteiger partial charge in [-0.1, -0.05) is 18.2 Å². The van der Waals surface area contributed by atoms with Gasteiger partial charge in [-0.15, -0.1) is 0 Å². The zero-order valence-corrected chi connectivity index (χ0v) is 8.41. The van der Waals surface area contributed by atoms with Gasteiger partial charge in [0.15, 0.2) is 0 Å². The van der Waals surface area contributed by atoms with Crippen molar-refractivity contribution in [3.63, 3.8) is 0 Å². The average Bonchev–Trinajstić information content (AvgIpc) is 2.39. The minimum absolute atomic E-state index is 0.164. The SMILES string of the molecule is NC(=O)/C=C1\NS(=O)(=O)c2ccccc21. The number of rotatable bonds is 1. The molecule has 0 radical (unpaired) electrons. The van der Waals surface area contributed by atoms with E-state index in [1.165, 1.54) is 6.07 Å². The van der Waals surface area contributed by atoms with E-state index in [1.807, 2.05) is 0 Å². The van der Waals surface area contributed by atoms with Gasteiger partial charge in [0.05, 0.1) is 10.6 Å². The first-order valence-corrected chi connectivity index (χ1v) is 5.62. The standard InChI is InChI=1S/C9H8N2O3S/c10-9(12)5-7-6-3-1-2-4-8(6)15(13,14)11-7/h1-5,11H,(H2,10,12)/b7-5-. The molecule has 0 aromatic heterocycles. The Bertz CT molecular complexity index is 560. The summed E-state index contributed by atoms with van der Waals surface area (Å²) in [7, 11) is -3.53. The molecule has 0 spiro atoms. The highest BCUT2D eigenvalue weighted by Crippen LogP contribution is 2.29. The van der Waals surface area contributed by atoms with Crippen molar-refractivity contribution in [2.45, 2.75) is 4.90 Å². The van der Waals surface area contributed by atoms with Gasteiger partial charge in [-0.2, -0.15) is 0 Å². The van der Waals surface area contributed by atoms with Crippen molar-refractivity contribution < 1.29 is 13.2 Å². The van der Waals surface area contributed by atoms with Crippen LogP contribution in [0.4, 0.5) is 0 Å². The van der Waals surface area contributed by atoms with Crippen LogP contribution in [0.15, 0.2) is 35.2 Å². The molecule has 0 saturated carbocycles. The van der Waals surface area contributed by atoms with E-state index in [4.69, 9.17) is 5.73 Å². The van der Waals surface area contributed by atoms with Gasteiger partial charge in [-0.05, 0) is 6.07 Å². The van der Waals surface area contributed by atoms with E-state index in [1.54, 1.807) is 18.2 Å². The molecule has 1 aliphatic heterocycles. The van der Waals surface area contributed by atoms with Crippen LogP contribution in [0.25, 0.3) is 5.70 Å². The van der Waals surface area contributed by atoms with Gasteiger partial charge in [0.25, 0.3) is 10.0 Å². The number of carbonyl (C=O) groups is 1. The Hall–Kier alpha value is -1.82. The van der Waals surface area contributed by atoms with Crippen molar-refractivity contribution in [3.8, 4) is 0 Å². The molecule has 1 heterocycles. The second kappa shape index (κ2) is 3.09. The van der Waals surface area contributed by atoms with Crippen molar-refractivity contribution in [1.82, 2.24) is 4.72 Å². The molecule has 1 aromatic rings. The summed E-state index contributed by atoms with van der Waals surface area (Å²) in [5.74, 6) is -0.690. The Morgan fingerprint density at radius 3 is 2.67 bits per heavy atom. The number of nitrogens with two attached hydrogens (primary N) is 1. The van der Waals surface area contributed by atoms with E-state index >= 15 is 0 Å². The van der Waals surface area contributed by atoms with Crippen LogP contribution < -0.4 is 10.5 Å². The van der Waals surface area contributed by atoms with Gasteiger partial charge in [-0.3, -0.25) is 9.52 Å². The van der Waals surface area contributed by atoms with Crippen molar-refractivity contribution in [3.05, 3.63) is 35.9 Å². The average molecular weight is 224 g/mol. The van der Waals surface area contributed by atoms with E-state index in [0.29, 0.717) is 5.56 Å². The molecule has 1 aliphatic rings. The normalized spacial score (nSPS) is 19.6. The van der Waals surface area contributed by atoms with Gasteiger partial charge in [0, 0.05) is 11.6 Å². The molecule has 0 unspecified atom stereocenters. The van der Waals surface area contributed by atoms with Crippen LogP contribution in [-0.2, 0) is 14.8 Å². The summed E-state index contributed by atoms with van der Waals surface area (Å²) >= 11 is 0. The van der Waals surface area contributed by atoms with Crippen molar-refractivity contribution >= 4 is 21.6 Å². The first kappa shape index (κ1) is 9.72. The molecule has 0 bridgehead atoms. The zero-order valence-electron chi connectivity index (χ0n) is 7.60. The van der Waals surface area contributed by atoms with Crippen LogP contribution in [0.1, 0.15) is 5.56 Å². The van der Waals surface area contributed by atoms with E-state index in [2.05, 4.69) is 4.72 Å². The monoisotopic (exact) mass is 224 g/mol. The summed E-state index contributed by atoms with van der Waals surface area (Å²) in [5, 5.41) is 0. The fourth-order valence-electron chi connectivity index (χ4n) is 1.43. The highest BCUT2D eigenvalue weighted by atomic mass is 32.2. The Morgan fingerprint density at radius 2 is 2.00 bits per heavy atom. The van der Waals surface area contributed by atoms with Crippen LogP contribution >= 0.6 is 0 Å². The lowest BCUT2D eigenvalue weighted by Gasteiger charge is -1.95. The summed E-state index contributed by atoms with van der Waals surface area (Å²) in [4.78, 5) is 10.9. The predicted octanol–water partition coefficient (Wildman–Crippen LogP) is -0.195. The number of sulfonamides is 1. The minimum atomic E-state index is -3.53. The minimum Gasteiger partial charge on any atom is -0.366 e. The lowest BCUT2D eigenvalue weighted by molar-refractivity contribution is -0.113. The summed E-state index contributed by atoms with van der Waals surface area (Å²) in [6, 6.07) is 6.39. The first-order chi connectivity index (χ1) is 7.00. The maximum atomic E-state index is 11.5. The van der Waals surface area contributed by atoms with E-state index < -0.39 is 15.9 Å². The topological polar surface area (TPSA) is 89.3 Å². The highest BCUT2D eigenvalue weighted by Gasteiger charge is 2.28. The van der Waals surface area contributed by atoms with Gasteiger partial charge >= 0.3 is 0 Å². The van der Waals surface area contributed by atoms with Crippen molar-refractivity contribution in [2.75, 3.05) is 0 Å². The third kappa shape index (κ3) is 1.59. The molecule has 3 N–H and O–H groups in total. The molecule has 15 heavy (non-hydrogen) atoms. The smallest absolute Gasteiger partial charge is 0.262 e. The molecule has 2 rings (SSSR count). The Morgan fingerprint density at radius 1 is 1.33 bits per heavy atom. The highest BCUT2D eigenvalue weighted by molar-refractivity contribution is 7.90. The molecule has 6 heteroatoms. The number of hydrogen-bond acceptors (Lipinski definition) is 3. The fourth-order valence-corrected chi connectivity index (χ4v) is 2.72. The molecule has 0 atom stereocenters. The maximum absolute atomic E-state index is 11.5. The quantitative estimate of drug-likeness (QED) is 0.647. The predicted molar refractivity (Wildman–Crippen MR) is 53.9 cm³/mol. The number of fused-ring (bicyclic) bond motifs is 1. The summed E-state index contributed by atoms with van der Waals surface area (Å²) in [6.07, 6.45) is 1.06. The molecule has 1 aromatic carbocycles. The van der Waals surface area contributed by atoms with Crippen molar-refractivity contribution in [2.24, 2.45) is 5.73 Å². The molecule has 0 fully saturated rings.